The summed E-state index contributed by atoms with van der Waals surface area (Å²) >= 11 is 2.72. The number of thiophene rings is 1. The molecular weight excluding hydrogens is 372 g/mol. The Morgan fingerprint density at radius 3 is 2.88 bits per heavy atom. The van der Waals surface area contributed by atoms with E-state index in [1.54, 1.807) is 30.9 Å². The fraction of sp³-hybridized carbons (Fsp3) is 0.278. The number of ether oxygens (including phenoxy) is 1. The van der Waals surface area contributed by atoms with Crippen LogP contribution in [0.4, 0.5) is 5.00 Å². The number of aromatic nitrogens is 1. The van der Waals surface area contributed by atoms with E-state index in [1.165, 1.54) is 22.7 Å². The number of carbonyl (C=O) groups is 2. The molecule has 0 bridgehead atoms. The molecule has 134 valence electrons. The molecule has 1 N–H and O–H groups in total. The minimum atomic E-state index is -0.386. The van der Waals surface area contributed by atoms with Crippen molar-refractivity contribution < 1.29 is 18.7 Å². The van der Waals surface area contributed by atoms with Crippen LogP contribution in [0.15, 0.2) is 33.8 Å². The van der Waals surface area contributed by atoms with Crippen LogP contribution in [0.1, 0.15) is 52.1 Å². The lowest BCUT2D eigenvalue weighted by Gasteiger charge is -2.07. The first-order chi connectivity index (χ1) is 12.7. The van der Waals surface area contributed by atoms with Crippen molar-refractivity contribution in [2.45, 2.75) is 25.7 Å². The summed E-state index contributed by atoms with van der Waals surface area (Å²) in [6, 6.07) is 1.79. The van der Waals surface area contributed by atoms with Crippen LogP contribution in [0.2, 0.25) is 0 Å². The number of nitrogens with zero attached hydrogens (tertiary/aromatic N) is 1. The number of carbonyl (C=O) groups excluding carboxylic acids is 2. The summed E-state index contributed by atoms with van der Waals surface area (Å²) in [5.74, 6) is -0.336. The van der Waals surface area contributed by atoms with Crippen LogP contribution in [0.25, 0.3) is 10.6 Å². The summed E-state index contributed by atoms with van der Waals surface area (Å²) in [7, 11) is 0. The van der Waals surface area contributed by atoms with Crippen LogP contribution in [0.5, 0.6) is 0 Å². The highest BCUT2D eigenvalue weighted by molar-refractivity contribution is 7.15. The van der Waals surface area contributed by atoms with Crippen LogP contribution in [-0.4, -0.2) is 23.5 Å². The highest BCUT2D eigenvalue weighted by Gasteiger charge is 2.32. The van der Waals surface area contributed by atoms with Gasteiger partial charge in [0, 0.05) is 10.9 Å². The van der Waals surface area contributed by atoms with Gasteiger partial charge >= 0.3 is 5.97 Å². The van der Waals surface area contributed by atoms with Crippen molar-refractivity contribution in [3.8, 4) is 10.6 Å². The number of hydrogen-bond acceptors (Lipinski definition) is 7. The molecule has 0 aliphatic heterocycles. The zero-order valence-electron chi connectivity index (χ0n) is 14.0. The van der Waals surface area contributed by atoms with Crippen molar-refractivity contribution in [2.24, 2.45) is 0 Å². The van der Waals surface area contributed by atoms with Crippen molar-refractivity contribution in [1.82, 2.24) is 4.98 Å². The molecule has 3 heterocycles. The third-order valence-corrected chi connectivity index (χ3v) is 5.85. The molecule has 3 aromatic heterocycles. The lowest BCUT2D eigenvalue weighted by Crippen LogP contribution is -2.15. The molecule has 1 saturated carbocycles. The molecule has 1 aliphatic rings. The van der Waals surface area contributed by atoms with Gasteiger partial charge < -0.3 is 14.5 Å². The zero-order valence-corrected chi connectivity index (χ0v) is 15.6. The van der Waals surface area contributed by atoms with Gasteiger partial charge in [0.1, 0.15) is 22.0 Å². The first-order valence-electron chi connectivity index (χ1n) is 8.25. The van der Waals surface area contributed by atoms with E-state index in [1.807, 2.05) is 5.38 Å². The number of amides is 1. The van der Waals surface area contributed by atoms with E-state index < -0.39 is 0 Å². The van der Waals surface area contributed by atoms with Gasteiger partial charge in [-0.05, 0) is 42.7 Å². The van der Waals surface area contributed by atoms with E-state index >= 15 is 0 Å². The lowest BCUT2D eigenvalue weighted by atomic mass is 10.1. The molecular formula is C18H16N2O4S2. The van der Waals surface area contributed by atoms with E-state index in [2.05, 4.69) is 10.3 Å². The van der Waals surface area contributed by atoms with Gasteiger partial charge in [-0.25, -0.2) is 9.78 Å². The zero-order chi connectivity index (χ0) is 18.1. The van der Waals surface area contributed by atoms with Crippen molar-refractivity contribution >= 4 is 39.6 Å². The van der Waals surface area contributed by atoms with Crippen LogP contribution in [-0.2, 0) is 4.74 Å². The van der Waals surface area contributed by atoms with Crippen molar-refractivity contribution in [2.75, 3.05) is 11.9 Å². The summed E-state index contributed by atoms with van der Waals surface area (Å²) < 4.78 is 10.2. The van der Waals surface area contributed by atoms with Gasteiger partial charge in [0.2, 0.25) is 0 Å². The van der Waals surface area contributed by atoms with Gasteiger partial charge in [0.15, 0.2) is 0 Å². The quantitative estimate of drug-likeness (QED) is 0.615. The molecule has 26 heavy (non-hydrogen) atoms. The summed E-state index contributed by atoms with van der Waals surface area (Å²) in [5.41, 5.74) is 2.59. The highest BCUT2D eigenvalue weighted by Crippen LogP contribution is 2.46. The number of nitrogens with one attached hydrogen (secondary N) is 1. The maximum Gasteiger partial charge on any atom is 0.341 e. The molecule has 0 atom stereocenters. The highest BCUT2D eigenvalue weighted by atomic mass is 32.1. The Morgan fingerprint density at radius 2 is 2.19 bits per heavy atom. The van der Waals surface area contributed by atoms with Crippen LogP contribution >= 0.6 is 22.7 Å². The van der Waals surface area contributed by atoms with Gasteiger partial charge in [0.25, 0.3) is 5.91 Å². The van der Waals surface area contributed by atoms with E-state index in [-0.39, 0.29) is 11.9 Å². The number of furan rings is 1. The summed E-state index contributed by atoms with van der Waals surface area (Å²) in [5, 5.41) is 7.69. The monoisotopic (exact) mass is 388 g/mol. The summed E-state index contributed by atoms with van der Waals surface area (Å²) in [6.45, 7) is 2.07. The first kappa shape index (κ1) is 17.0. The Morgan fingerprint density at radius 1 is 1.35 bits per heavy atom. The second-order valence-corrected chi connectivity index (χ2v) is 7.63. The number of anilines is 1. The Kier molecular flexibility index (Phi) is 4.60. The minimum Gasteiger partial charge on any atom is -0.472 e. The molecule has 1 aliphatic carbocycles. The molecule has 0 saturated heterocycles. The largest absolute Gasteiger partial charge is 0.472 e. The molecule has 1 fully saturated rings. The fourth-order valence-corrected chi connectivity index (χ4v) is 4.45. The van der Waals surface area contributed by atoms with Gasteiger partial charge in [-0.3, -0.25) is 4.79 Å². The summed E-state index contributed by atoms with van der Waals surface area (Å²) in [4.78, 5) is 29.3. The van der Waals surface area contributed by atoms with Gasteiger partial charge in [-0.15, -0.1) is 22.7 Å². The van der Waals surface area contributed by atoms with Gasteiger partial charge in [-0.1, -0.05) is 0 Å². The summed E-state index contributed by atoms with van der Waals surface area (Å²) in [6.07, 6.45) is 5.28. The van der Waals surface area contributed by atoms with Crippen LogP contribution in [0.3, 0.4) is 0 Å². The third kappa shape index (κ3) is 3.30. The predicted molar refractivity (Wildman–Crippen MR) is 100 cm³/mol. The minimum absolute atomic E-state index is 0.298. The maximum atomic E-state index is 12.6. The Hall–Kier alpha value is -2.45. The molecule has 0 unspecified atom stereocenters. The smallest absolute Gasteiger partial charge is 0.341 e. The van der Waals surface area contributed by atoms with E-state index in [0.717, 1.165) is 24.0 Å². The number of esters is 1. The first-order valence-corrected chi connectivity index (χ1v) is 10.0. The lowest BCUT2D eigenvalue weighted by molar-refractivity contribution is 0.0527. The van der Waals surface area contributed by atoms with Crippen LogP contribution in [0, 0.1) is 0 Å². The van der Waals surface area contributed by atoms with E-state index in [4.69, 9.17) is 9.15 Å². The number of thiazole rings is 1. The average molecular weight is 388 g/mol. The Labute approximate surface area is 157 Å². The molecule has 4 rings (SSSR count). The van der Waals surface area contributed by atoms with Gasteiger partial charge in [0.05, 0.1) is 18.4 Å². The van der Waals surface area contributed by atoms with Crippen LogP contribution < -0.4 is 5.32 Å². The van der Waals surface area contributed by atoms with Crippen molar-refractivity contribution in [3.05, 3.63) is 46.2 Å². The molecule has 8 heteroatoms. The number of hydrogen-bond donors (Lipinski definition) is 1. The fourth-order valence-electron chi connectivity index (χ4n) is 2.64. The average Bonchev–Trinajstić information content (AvgIpc) is 3.07. The second-order valence-electron chi connectivity index (χ2n) is 5.89. The Balaban J connectivity index is 1.57. The van der Waals surface area contributed by atoms with E-state index in [9.17, 15) is 9.59 Å². The number of rotatable bonds is 6. The van der Waals surface area contributed by atoms with E-state index in [0.29, 0.717) is 33.8 Å². The molecule has 0 spiro atoms. The predicted octanol–water partition coefficient (Wildman–Crippen LogP) is 4.77. The molecule has 3 aromatic rings. The topological polar surface area (TPSA) is 81.4 Å². The molecule has 0 aromatic carbocycles. The Bertz CT molecular complexity index is 938. The standard InChI is InChI=1S/C18H16N2O4S2/c1-2-24-18(22)14-12(10-3-4-10)8-25-17(14)20-15(21)13-9-26-16(19-13)11-5-6-23-7-11/h5-10H,2-4H2,1H3,(H,20,21). The molecule has 0 radical (unpaired) electrons. The van der Waals surface area contributed by atoms with Gasteiger partial charge in [-0.2, -0.15) is 0 Å². The SMILES string of the molecule is CCOC(=O)c1c(C2CC2)csc1NC(=O)c1csc(-c2ccoc2)n1. The van der Waals surface area contributed by atoms with Crippen molar-refractivity contribution in [3.63, 3.8) is 0 Å². The second kappa shape index (κ2) is 7.05. The molecule has 1 amide bonds. The normalized spacial score (nSPS) is 13.6. The van der Waals surface area contributed by atoms with Crippen molar-refractivity contribution in [1.29, 1.82) is 0 Å². The molecule has 6 nitrogen and oxygen atoms in total. The maximum absolute atomic E-state index is 12.6. The third-order valence-electron chi connectivity index (χ3n) is 4.05.